The number of terminal acetylenes is 1. The van der Waals surface area contributed by atoms with Crippen molar-refractivity contribution in [3.63, 3.8) is 0 Å². The van der Waals surface area contributed by atoms with Crippen molar-refractivity contribution < 1.29 is 17.6 Å². The van der Waals surface area contributed by atoms with Crippen LogP contribution in [0.4, 0.5) is 23.2 Å². The average molecular weight is 217 g/mol. The molecule has 0 spiro atoms. The molecule has 0 aliphatic carbocycles. The Hall–Kier alpha value is -1.70. The van der Waals surface area contributed by atoms with Crippen LogP contribution in [0.25, 0.3) is 0 Å². The first-order valence-electron chi connectivity index (χ1n) is 4.03. The fourth-order valence-corrected chi connectivity index (χ4v) is 0.958. The summed E-state index contributed by atoms with van der Waals surface area (Å²) in [6.07, 6.45) is 4.95. The first-order valence-corrected chi connectivity index (χ1v) is 4.03. The Labute approximate surface area is 84.1 Å². The highest BCUT2D eigenvalue weighted by atomic mass is 19.2. The molecule has 80 valence electrons. The number of halogens is 4. The summed E-state index contributed by atoms with van der Waals surface area (Å²) in [6, 6.07) is -0.605. The van der Waals surface area contributed by atoms with Crippen LogP contribution in [-0.4, -0.2) is 6.04 Å². The van der Waals surface area contributed by atoms with Crippen molar-refractivity contribution in [1.29, 1.82) is 0 Å². The Morgan fingerprint density at radius 3 is 2.07 bits per heavy atom. The molecule has 15 heavy (non-hydrogen) atoms. The van der Waals surface area contributed by atoms with Crippen molar-refractivity contribution in [3.8, 4) is 12.3 Å². The van der Waals surface area contributed by atoms with E-state index in [9.17, 15) is 17.6 Å². The van der Waals surface area contributed by atoms with E-state index >= 15 is 0 Å². The number of anilines is 1. The van der Waals surface area contributed by atoms with E-state index in [1.165, 1.54) is 6.92 Å². The molecule has 0 saturated heterocycles. The molecule has 0 aliphatic rings. The maximum absolute atomic E-state index is 13.0. The molecule has 1 aromatic rings. The third kappa shape index (κ3) is 2.21. The quantitative estimate of drug-likeness (QED) is 0.456. The fourth-order valence-electron chi connectivity index (χ4n) is 0.958. The number of hydrogen-bond donors (Lipinski definition) is 1. The van der Waals surface area contributed by atoms with Crippen LogP contribution in [0.2, 0.25) is 0 Å². The molecule has 1 N–H and O–H groups in total. The van der Waals surface area contributed by atoms with Gasteiger partial charge in [-0.3, -0.25) is 0 Å². The van der Waals surface area contributed by atoms with Gasteiger partial charge in [0.1, 0.15) is 5.69 Å². The van der Waals surface area contributed by atoms with E-state index in [0.29, 0.717) is 0 Å². The smallest absolute Gasteiger partial charge is 0.185 e. The molecule has 0 bridgehead atoms. The Kier molecular flexibility index (Phi) is 3.20. The second-order valence-corrected chi connectivity index (χ2v) is 2.88. The van der Waals surface area contributed by atoms with Gasteiger partial charge in [-0.25, -0.2) is 17.6 Å². The lowest BCUT2D eigenvalue weighted by Gasteiger charge is -2.11. The summed E-state index contributed by atoms with van der Waals surface area (Å²) in [5.41, 5.74) is -0.891. The molecule has 5 heteroatoms. The molecular weight excluding hydrogens is 210 g/mol. The molecule has 1 unspecified atom stereocenters. The van der Waals surface area contributed by atoms with Crippen molar-refractivity contribution in [2.45, 2.75) is 13.0 Å². The van der Waals surface area contributed by atoms with Gasteiger partial charge in [-0.1, -0.05) is 5.92 Å². The number of hydrogen-bond acceptors (Lipinski definition) is 1. The lowest BCUT2D eigenvalue weighted by molar-refractivity contribution is 0.458. The van der Waals surface area contributed by atoms with E-state index in [-0.39, 0.29) is 6.07 Å². The second-order valence-electron chi connectivity index (χ2n) is 2.88. The highest BCUT2D eigenvalue weighted by Gasteiger charge is 2.19. The Morgan fingerprint density at radius 1 is 1.20 bits per heavy atom. The second kappa shape index (κ2) is 4.22. The van der Waals surface area contributed by atoms with Gasteiger partial charge in [0.2, 0.25) is 0 Å². The standard InChI is InChI=1S/C10H7F4N/c1-3-5(2)15-10-8(13)6(11)4-7(12)9(10)14/h1,4-5,15H,2H3. The van der Waals surface area contributed by atoms with E-state index in [1.54, 1.807) is 0 Å². The van der Waals surface area contributed by atoms with Crippen LogP contribution in [-0.2, 0) is 0 Å². The first kappa shape index (κ1) is 11.4. The molecule has 0 fully saturated rings. The molecule has 1 nitrogen and oxygen atoms in total. The predicted octanol–water partition coefficient (Wildman–Crippen LogP) is 2.68. The number of nitrogens with one attached hydrogen (secondary N) is 1. The largest absolute Gasteiger partial charge is 0.367 e. The number of rotatable bonds is 2. The van der Waals surface area contributed by atoms with Gasteiger partial charge in [0.15, 0.2) is 23.3 Å². The van der Waals surface area contributed by atoms with Gasteiger partial charge in [-0.15, -0.1) is 6.42 Å². The summed E-state index contributed by atoms with van der Waals surface area (Å²) >= 11 is 0. The van der Waals surface area contributed by atoms with Crippen LogP contribution in [0.5, 0.6) is 0 Å². The van der Waals surface area contributed by atoms with Crippen molar-refractivity contribution >= 4 is 5.69 Å². The Balaban J connectivity index is 3.22. The zero-order chi connectivity index (χ0) is 11.6. The molecule has 0 radical (unpaired) electrons. The van der Waals surface area contributed by atoms with Crippen LogP contribution >= 0.6 is 0 Å². The predicted molar refractivity (Wildman–Crippen MR) is 48.2 cm³/mol. The Morgan fingerprint density at radius 2 is 1.67 bits per heavy atom. The first-order chi connectivity index (χ1) is 6.97. The summed E-state index contributed by atoms with van der Waals surface area (Å²) in [5.74, 6) is -3.81. The molecule has 1 rings (SSSR count). The van der Waals surface area contributed by atoms with Crippen LogP contribution in [0.1, 0.15) is 6.92 Å². The van der Waals surface area contributed by atoms with E-state index in [1.807, 2.05) is 0 Å². The SMILES string of the molecule is C#CC(C)Nc1c(F)c(F)cc(F)c1F. The molecule has 1 atom stereocenters. The third-order valence-corrected chi connectivity index (χ3v) is 1.72. The molecule has 1 aromatic carbocycles. The van der Waals surface area contributed by atoms with Gasteiger partial charge in [0.05, 0.1) is 6.04 Å². The molecule has 0 aliphatic heterocycles. The zero-order valence-electron chi connectivity index (χ0n) is 7.74. The van der Waals surface area contributed by atoms with Gasteiger partial charge < -0.3 is 5.32 Å². The summed E-state index contributed by atoms with van der Waals surface area (Å²) in [7, 11) is 0. The zero-order valence-corrected chi connectivity index (χ0v) is 7.74. The molecule has 0 saturated carbocycles. The maximum atomic E-state index is 13.0. The van der Waals surface area contributed by atoms with Gasteiger partial charge in [0, 0.05) is 6.07 Å². The van der Waals surface area contributed by atoms with Gasteiger partial charge in [0.25, 0.3) is 0 Å². The van der Waals surface area contributed by atoms with Crippen LogP contribution in [0, 0.1) is 35.6 Å². The fraction of sp³-hybridized carbons (Fsp3) is 0.200. The summed E-state index contributed by atoms with van der Waals surface area (Å²) in [5, 5.41) is 2.14. The van der Waals surface area contributed by atoms with E-state index < -0.39 is 35.0 Å². The summed E-state index contributed by atoms with van der Waals surface area (Å²) in [4.78, 5) is 0. The van der Waals surface area contributed by atoms with E-state index in [0.717, 1.165) is 0 Å². The topological polar surface area (TPSA) is 12.0 Å². The average Bonchev–Trinajstić information content (AvgIpc) is 2.21. The monoisotopic (exact) mass is 217 g/mol. The highest BCUT2D eigenvalue weighted by Crippen LogP contribution is 2.24. The van der Waals surface area contributed by atoms with Crippen molar-refractivity contribution in [2.75, 3.05) is 5.32 Å². The summed E-state index contributed by atoms with van der Waals surface area (Å²) < 4.78 is 51.5. The maximum Gasteiger partial charge on any atom is 0.185 e. The van der Waals surface area contributed by atoms with Gasteiger partial charge in [-0.05, 0) is 6.92 Å². The minimum absolute atomic E-state index is 0.135. The molecule has 0 aromatic heterocycles. The lowest BCUT2D eigenvalue weighted by Crippen LogP contribution is -2.16. The molecular formula is C10H7F4N. The summed E-state index contributed by atoms with van der Waals surface area (Å²) in [6.45, 7) is 1.42. The van der Waals surface area contributed by atoms with E-state index in [4.69, 9.17) is 6.42 Å². The van der Waals surface area contributed by atoms with Crippen molar-refractivity contribution in [3.05, 3.63) is 29.3 Å². The highest BCUT2D eigenvalue weighted by molar-refractivity contribution is 5.49. The van der Waals surface area contributed by atoms with Crippen LogP contribution in [0.3, 0.4) is 0 Å². The van der Waals surface area contributed by atoms with Crippen molar-refractivity contribution in [1.82, 2.24) is 0 Å². The molecule has 0 heterocycles. The minimum atomic E-state index is -1.49. The van der Waals surface area contributed by atoms with Gasteiger partial charge >= 0.3 is 0 Å². The van der Waals surface area contributed by atoms with Gasteiger partial charge in [-0.2, -0.15) is 0 Å². The minimum Gasteiger partial charge on any atom is -0.367 e. The normalized spacial score (nSPS) is 12.0. The van der Waals surface area contributed by atoms with Crippen LogP contribution < -0.4 is 5.32 Å². The number of benzene rings is 1. The van der Waals surface area contributed by atoms with Crippen LogP contribution in [0.15, 0.2) is 6.07 Å². The van der Waals surface area contributed by atoms with Crippen molar-refractivity contribution in [2.24, 2.45) is 0 Å². The molecule has 0 amide bonds. The lowest BCUT2D eigenvalue weighted by atomic mass is 10.2. The van der Waals surface area contributed by atoms with E-state index in [2.05, 4.69) is 11.2 Å². The third-order valence-electron chi connectivity index (χ3n) is 1.72. The Bertz CT molecular complexity index is 396.